The molecule has 0 saturated heterocycles. The molecule has 2 aromatic rings. The first-order chi connectivity index (χ1) is 12.4. The summed E-state index contributed by atoms with van der Waals surface area (Å²) in [7, 11) is 0. The number of amides is 2. The molecule has 1 unspecified atom stereocenters. The fourth-order valence-corrected chi connectivity index (χ4v) is 2.82. The molecule has 2 N–H and O–H groups in total. The van der Waals surface area contributed by atoms with Gasteiger partial charge >= 0.3 is 0 Å². The maximum atomic E-state index is 12.7. The van der Waals surface area contributed by atoms with Crippen LogP contribution in [0, 0.1) is 5.92 Å². The van der Waals surface area contributed by atoms with Gasteiger partial charge in [-0.25, -0.2) is 0 Å². The second kappa shape index (κ2) is 9.18. The predicted molar refractivity (Wildman–Crippen MR) is 105 cm³/mol. The van der Waals surface area contributed by atoms with Gasteiger partial charge in [-0.3, -0.25) is 9.59 Å². The molecule has 0 saturated carbocycles. The zero-order valence-electron chi connectivity index (χ0n) is 16.0. The van der Waals surface area contributed by atoms with Crippen LogP contribution in [0.4, 0.5) is 0 Å². The van der Waals surface area contributed by atoms with Gasteiger partial charge in [-0.05, 0) is 41.2 Å². The van der Waals surface area contributed by atoms with E-state index in [9.17, 15) is 9.59 Å². The summed E-state index contributed by atoms with van der Waals surface area (Å²) in [6.07, 6.45) is 1.00. The van der Waals surface area contributed by atoms with E-state index < -0.39 is 0 Å². The van der Waals surface area contributed by atoms with Gasteiger partial charge in [0, 0.05) is 19.0 Å². The van der Waals surface area contributed by atoms with Gasteiger partial charge in [-0.1, -0.05) is 57.2 Å². The third-order valence-corrected chi connectivity index (χ3v) is 4.46. The Labute approximate surface area is 156 Å². The van der Waals surface area contributed by atoms with E-state index in [1.165, 1.54) is 12.5 Å². The van der Waals surface area contributed by atoms with Crippen molar-refractivity contribution in [2.45, 2.75) is 46.7 Å². The van der Waals surface area contributed by atoms with Crippen LogP contribution in [0.25, 0.3) is 0 Å². The number of aryl methyl sites for hydroxylation is 1. The number of carbonyl (C=O) groups is 2. The lowest BCUT2D eigenvalue weighted by Crippen LogP contribution is -2.31. The van der Waals surface area contributed by atoms with Gasteiger partial charge in [0.1, 0.15) is 0 Å². The van der Waals surface area contributed by atoms with Gasteiger partial charge in [0.25, 0.3) is 5.91 Å². The Morgan fingerprint density at radius 3 is 2.00 bits per heavy atom. The van der Waals surface area contributed by atoms with Gasteiger partial charge < -0.3 is 10.6 Å². The first kappa shape index (κ1) is 19.7. The van der Waals surface area contributed by atoms with E-state index in [0.29, 0.717) is 12.1 Å². The summed E-state index contributed by atoms with van der Waals surface area (Å²) in [5.41, 5.74) is 3.99. The monoisotopic (exact) mass is 352 g/mol. The van der Waals surface area contributed by atoms with Gasteiger partial charge in [-0.2, -0.15) is 0 Å². The van der Waals surface area contributed by atoms with Crippen LogP contribution in [-0.2, 0) is 17.8 Å². The Morgan fingerprint density at radius 2 is 1.50 bits per heavy atom. The molecule has 2 rings (SSSR count). The van der Waals surface area contributed by atoms with Gasteiger partial charge in [0.05, 0.1) is 6.04 Å². The highest BCUT2D eigenvalue weighted by atomic mass is 16.2. The average Bonchev–Trinajstić information content (AvgIpc) is 2.64. The van der Waals surface area contributed by atoms with Crippen molar-refractivity contribution in [2.75, 3.05) is 0 Å². The number of nitrogens with one attached hydrogen (secondary N) is 2. The molecule has 0 aromatic heterocycles. The second-order valence-corrected chi connectivity index (χ2v) is 6.90. The molecule has 2 amide bonds. The Morgan fingerprint density at radius 1 is 0.923 bits per heavy atom. The van der Waals surface area contributed by atoms with Crippen LogP contribution in [0.2, 0.25) is 0 Å². The third kappa shape index (κ3) is 5.45. The summed E-state index contributed by atoms with van der Waals surface area (Å²) in [5, 5.41) is 5.90. The minimum Gasteiger partial charge on any atom is -0.352 e. The van der Waals surface area contributed by atoms with Gasteiger partial charge in [0.15, 0.2) is 0 Å². The summed E-state index contributed by atoms with van der Waals surface area (Å²) in [6.45, 7) is 8.30. The first-order valence-electron chi connectivity index (χ1n) is 9.13. The van der Waals surface area contributed by atoms with Crippen molar-refractivity contribution in [1.82, 2.24) is 10.6 Å². The van der Waals surface area contributed by atoms with Crippen molar-refractivity contribution in [2.24, 2.45) is 5.92 Å². The summed E-state index contributed by atoms with van der Waals surface area (Å²) in [5.74, 6) is 0.125. The van der Waals surface area contributed by atoms with Gasteiger partial charge in [-0.15, -0.1) is 0 Å². The Bertz CT molecular complexity index is 734. The summed E-state index contributed by atoms with van der Waals surface area (Å²) in [6, 6.07) is 15.7. The molecular formula is C22H28N2O2. The van der Waals surface area contributed by atoms with E-state index in [4.69, 9.17) is 0 Å². The smallest absolute Gasteiger partial charge is 0.251 e. The Hall–Kier alpha value is -2.62. The van der Waals surface area contributed by atoms with Crippen LogP contribution in [0.1, 0.15) is 60.8 Å². The molecule has 0 heterocycles. The maximum absolute atomic E-state index is 12.7. The van der Waals surface area contributed by atoms with E-state index in [0.717, 1.165) is 17.5 Å². The van der Waals surface area contributed by atoms with Crippen molar-refractivity contribution in [3.63, 3.8) is 0 Å². The molecule has 0 aliphatic rings. The lowest BCUT2D eigenvalue weighted by Gasteiger charge is -2.23. The molecule has 138 valence electrons. The number of rotatable bonds is 7. The number of carbonyl (C=O) groups excluding carboxylic acids is 2. The highest BCUT2D eigenvalue weighted by Gasteiger charge is 2.19. The molecule has 0 spiro atoms. The van der Waals surface area contributed by atoms with Crippen LogP contribution in [0.15, 0.2) is 48.5 Å². The number of hydrogen-bond donors (Lipinski definition) is 2. The summed E-state index contributed by atoms with van der Waals surface area (Å²) >= 11 is 0. The van der Waals surface area contributed by atoms with E-state index in [2.05, 4.69) is 55.7 Å². The quantitative estimate of drug-likeness (QED) is 0.791. The normalized spacial score (nSPS) is 11.9. The Kier molecular flexibility index (Phi) is 6.96. The summed E-state index contributed by atoms with van der Waals surface area (Å²) < 4.78 is 0. The molecule has 1 atom stereocenters. The molecule has 4 nitrogen and oxygen atoms in total. The largest absolute Gasteiger partial charge is 0.352 e. The highest BCUT2D eigenvalue weighted by molar-refractivity contribution is 5.94. The van der Waals surface area contributed by atoms with E-state index in [1.54, 1.807) is 12.1 Å². The van der Waals surface area contributed by atoms with Crippen LogP contribution >= 0.6 is 0 Å². The van der Waals surface area contributed by atoms with Crippen LogP contribution < -0.4 is 10.6 Å². The lowest BCUT2D eigenvalue weighted by atomic mass is 9.94. The molecule has 26 heavy (non-hydrogen) atoms. The standard InChI is InChI=1S/C22H28N2O2/c1-5-17-6-10-19(11-7-17)21(15(2)3)24-22(26)20-12-8-18(9-13-20)14-23-16(4)25/h6-13,15,21H,5,14H2,1-4H3,(H,23,25)(H,24,26). The molecule has 0 aliphatic carbocycles. The van der Waals surface area contributed by atoms with Crippen molar-refractivity contribution in [1.29, 1.82) is 0 Å². The highest BCUT2D eigenvalue weighted by Crippen LogP contribution is 2.23. The first-order valence-corrected chi connectivity index (χ1v) is 9.13. The fraction of sp³-hybridized carbons (Fsp3) is 0.364. The van der Waals surface area contributed by atoms with Crippen molar-refractivity contribution >= 4 is 11.8 Å². The van der Waals surface area contributed by atoms with Crippen molar-refractivity contribution < 1.29 is 9.59 Å². The van der Waals surface area contributed by atoms with Gasteiger partial charge in [0.2, 0.25) is 5.91 Å². The Balaban J connectivity index is 2.08. The van der Waals surface area contributed by atoms with Crippen molar-refractivity contribution in [3.05, 3.63) is 70.8 Å². The second-order valence-electron chi connectivity index (χ2n) is 6.90. The van der Waals surface area contributed by atoms with Crippen LogP contribution in [0.3, 0.4) is 0 Å². The fourth-order valence-electron chi connectivity index (χ4n) is 2.82. The predicted octanol–water partition coefficient (Wildman–Crippen LogP) is 4.01. The number of benzene rings is 2. The van der Waals surface area contributed by atoms with Crippen LogP contribution in [0.5, 0.6) is 0 Å². The van der Waals surface area contributed by atoms with Crippen LogP contribution in [-0.4, -0.2) is 11.8 Å². The molecular weight excluding hydrogens is 324 g/mol. The average molecular weight is 352 g/mol. The molecule has 2 aromatic carbocycles. The zero-order chi connectivity index (χ0) is 19.1. The zero-order valence-corrected chi connectivity index (χ0v) is 16.0. The number of hydrogen-bond acceptors (Lipinski definition) is 2. The SMILES string of the molecule is CCc1ccc(C(NC(=O)c2ccc(CNC(C)=O)cc2)C(C)C)cc1. The molecule has 0 fully saturated rings. The molecule has 0 aliphatic heterocycles. The molecule has 4 heteroatoms. The molecule has 0 bridgehead atoms. The van der Waals surface area contributed by atoms with Crippen molar-refractivity contribution in [3.8, 4) is 0 Å². The topological polar surface area (TPSA) is 58.2 Å². The van der Waals surface area contributed by atoms with E-state index >= 15 is 0 Å². The maximum Gasteiger partial charge on any atom is 0.251 e. The van der Waals surface area contributed by atoms with E-state index in [-0.39, 0.29) is 23.8 Å². The minimum atomic E-state index is -0.0886. The lowest BCUT2D eigenvalue weighted by molar-refractivity contribution is -0.119. The summed E-state index contributed by atoms with van der Waals surface area (Å²) in [4.78, 5) is 23.6. The minimum absolute atomic E-state index is 0.0348. The van der Waals surface area contributed by atoms with E-state index in [1.807, 2.05) is 12.1 Å². The third-order valence-electron chi connectivity index (χ3n) is 4.46. The molecule has 0 radical (unpaired) electrons.